The van der Waals surface area contributed by atoms with Crippen molar-refractivity contribution in [2.24, 2.45) is 21.7 Å². The summed E-state index contributed by atoms with van der Waals surface area (Å²) in [5.41, 5.74) is 4.88. The first-order valence-electron chi connectivity index (χ1n) is 31.4. The minimum atomic E-state index is -3.30. The van der Waals surface area contributed by atoms with Crippen molar-refractivity contribution in [2.75, 3.05) is 55.4 Å². The smallest absolute Gasteiger partial charge is 0.358 e. The summed E-state index contributed by atoms with van der Waals surface area (Å²) < 4.78 is 51.7. The summed E-state index contributed by atoms with van der Waals surface area (Å²) in [5.74, 6) is -0.0105. The van der Waals surface area contributed by atoms with Crippen molar-refractivity contribution in [1.82, 2.24) is 25.1 Å². The molecule has 18 heteroatoms. The number of ether oxygens (including phenoxy) is 2. The molecule has 1 amide bonds. The van der Waals surface area contributed by atoms with Gasteiger partial charge in [-0.1, -0.05) is 145 Å². The van der Waals surface area contributed by atoms with Crippen LogP contribution in [0.15, 0.2) is 121 Å². The topological polar surface area (TPSA) is 182 Å². The van der Waals surface area contributed by atoms with Gasteiger partial charge in [0.2, 0.25) is 0 Å². The highest BCUT2D eigenvalue weighted by molar-refractivity contribution is 8.20. The normalized spacial score (nSPS) is 22.3. The first-order valence-corrected chi connectivity index (χ1v) is 35.7. The van der Waals surface area contributed by atoms with Gasteiger partial charge in [-0.3, -0.25) is 19.0 Å². The predicted molar refractivity (Wildman–Crippen MR) is 358 cm³/mol. The third kappa shape index (κ3) is 13.8. The third-order valence-corrected chi connectivity index (χ3v) is 26.0. The Morgan fingerprint density at radius 1 is 0.761 bits per heavy atom. The van der Waals surface area contributed by atoms with Crippen LogP contribution in [0.4, 0.5) is 10.9 Å². The lowest BCUT2D eigenvalue weighted by Gasteiger charge is -2.69. The molecule has 0 radical (unpaired) electrons. The lowest BCUT2D eigenvalue weighted by molar-refractivity contribution is -0.247. The van der Waals surface area contributed by atoms with Gasteiger partial charge < -0.3 is 33.2 Å². The van der Waals surface area contributed by atoms with E-state index in [1.807, 2.05) is 75.5 Å². The highest BCUT2D eigenvalue weighted by atomic mass is 32.3. The van der Waals surface area contributed by atoms with Crippen molar-refractivity contribution in [2.45, 2.75) is 157 Å². The second kappa shape index (κ2) is 24.4. The number of carbonyl (C=O) groups excluding carboxylic acids is 2. The SMILES string of the molecule is Cc1c(-c2ccc(N3CCc4cccc(C(=O)Nc5nc6ccccc6s5)c4C3)nc2C(=O)OC(C)(C)C)cnn1CC12CC3(C)CC(C)(C1)CC(OCCNCCS(O)(O)OCC(C)(C)CCO[Si](c1ccccc1)(c1ccccc1)C(C)(C)C)(C3)C2. The highest BCUT2D eigenvalue weighted by Gasteiger charge is 2.66. The average molecular weight is 1250 g/mol. The number of thiazole rings is 1. The zero-order chi connectivity index (χ0) is 62.5. The molecule has 4 aromatic carbocycles. The van der Waals surface area contributed by atoms with E-state index in [1.165, 1.54) is 21.7 Å². The molecule has 88 heavy (non-hydrogen) atoms. The summed E-state index contributed by atoms with van der Waals surface area (Å²) in [5, 5.41) is 14.5. The van der Waals surface area contributed by atoms with Crippen molar-refractivity contribution in [3.05, 3.63) is 150 Å². The van der Waals surface area contributed by atoms with Crippen LogP contribution in [0.2, 0.25) is 5.04 Å². The molecule has 4 aliphatic carbocycles. The number of benzene rings is 4. The molecule has 7 aromatic rings. The third-order valence-electron chi connectivity index (χ3n) is 18.7. The molecular weight excluding hydrogens is 1160 g/mol. The number of carbonyl (C=O) groups is 2. The molecule has 2 unspecified atom stereocenters. The predicted octanol–water partition coefficient (Wildman–Crippen LogP) is 14.0. The summed E-state index contributed by atoms with van der Waals surface area (Å²) >= 11 is 1.45. The number of hydrogen-bond donors (Lipinski definition) is 4. The fraction of sp³-hybridized carbons (Fsp3) is 0.500. The van der Waals surface area contributed by atoms with Gasteiger partial charge in [-0.25, -0.2) is 14.8 Å². The van der Waals surface area contributed by atoms with Crippen LogP contribution in [0.5, 0.6) is 0 Å². The number of fused-ring (bicyclic) bond motifs is 2. The molecule has 0 spiro atoms. The highest BCUT2D eigenvalue weighted by Crippen LogP contribution is 2.72. The number of pyridine rings is 1. The zero-order valence-electron chi connectivity index (χ0n) is 53.5. The van der Waals surface area contributed by atoms with Crippen LogP contribution in [-0.4, -0.2) is 105 Å². The van der Waals surface area contributed by atoms with Gasteiger partial charge in [0.15, 0.2) is 10.8 Å². The minimum absolute atomic E-state index is 0.0556. The molecule has 0 saturated heterocycles. The van der Waals surface area contributed by atoms with Gasteiger partial charge >= 0.3 is 5.97 Å². The van der Waals surface area contributed by atoms with Crippen LogP contribution >= 0.6 is 22.2 Å². The number of aromatic nitrogens is 4. The van der Waals surface area contributed by atoms with E-state index in [-0.39, 0.29) is 56.3 Å². The second-order valence-corrected chi connectivity index (χ2v) is 36.6. The van der Waals surface area contributed by atoms with E-state index < -0.39 is 30.8 Å². The number of rotatable bonds is 23. The van der Waals surface area contributed by atoms with E-state index in [2.05, 4.69) is 147 Å². The van der Waals surface area contributed by atoms with Crippen molar-refractivity contribution < 1.29 is 36.8 Å². The fourth-order valence-electron chi connectivity index (χ4n) is 16.0. The maximum Gasteiger partial charge on any atom is 0.358 e. The fourth-order valence-corrected chi connectivity index (χ4v) is 22.5. The zero-order valence-corrected chi connectivity index (χ0v) is 56.1. The van der Waals surface area contributed by atoms with Gasteiger partial charge in [-0.2, -0.15) is 5.10 Å². The van der Waals surface area contributed by atoms with Crippen molar-refractivity contribution >= 4 is 73.9 Å². The van der Waals surface area contributed by atoms with E-state index >= 15 is 0 Å². The first-order chi connectivity index (χ1) is 41.6. The van der Waals surface area contributed by atoms with Crippen molar-refractivity contribution in [3.63, 3.8) is 0 Å². The largest absolute Gasteiger partial charge is 0.455 e. The maximum absolute atomic E-state index is 14.3. The monoisotopic (exact) mass is 1250 g/mol. The Morgan fingerprint density at radius 3 is 2.11 bits per heavy atom. The molecule has 470 valence electrons. The molecule has 12 rings (SSSR count). The van der Waals surface area contributed by atoms with Gasteiger partial charge in [0.25, 0.3) is 14.2 Å². The Balaban J connectivity index is 0.715. The van der Waals surface area contributed by atoms with Crippen LogP contribution in [0.25, 0.3) is 21.3 Å². The van der Waals surface area contributed by atoms with E-state index in [0.29, 0.717) is 74.3 Å². The molecular formula is C70H91N7O8S2Si. The maximum atomic E-state index is 14.3. The Bertz CT molecular complexity index is 3560. The number of esters is 1. The summed E-state index contributed by atoms with van der Waals surface area (Å²) in [6.45, 7) is 27.6. The molecule has 2 atom stereocenters. The van der Waals surface area contributed by atoms with Crippen LogP contribution in [0.1, 0.15) is 152 Å². The Hall–Kier alpha value is -5.80. The van der Waals surface area contributed by atoms with Gasteiger partial charge in [0, 0.05) is 61.7 Å². The standard InChI is InChI=1S/C70H91N7O8S2Si/c1-49-55(53-29-30-59(74-60(53)62(79)85-64(2,3)4)76-35-31-50-21-20-26-54(56(50)40-76)61(78)75-63-73-57-27-18-19-28-58(57)86-63)39-72-77(49)47-69-42-67(10)41-68(11,43-69)45-70(44-67,46-69)82-37-33-71-34-38-87(80,81)83-48-66(8,9)32-36-84-88(65(5,6)7,51-22-14-12-15-23-51)52-24-16-13-17-25-52/h12-30,39,71,80-81H,31-38,40-48H2,1-11H3,(H,73,75,78). The molecule has 15 nitrogen and oxygen atoms in total. The molecule has 5 aliphatic rings. The quantitative estimate of drug-likeness (QED) is 0.0270. The van der Waals surface area contributed by atoms with Crippen LogP contribution in [-0.2, 0) is 37.6 Å². The number of nitrogens with zero attached hydrogens (tertiary/aromatic N) is 5. The summed E-state index contributed by atoms with van der Waals surface area (Å²) in [4.78, 5) is 40.2. The van der Waals surface area contributed by atoms with Gasteiger partial charge in [-0.05, 0) is 158 Å². The summed E-state index contributed by atoms with van der Waals surface area (Å²) in [7, 11) is -6.01. The van der Waals surface area contributed by atoms with Crippen molar-refractivity contribution in [1.29, 1.82) is 0 Å². The minimum Gasteiger partial charge on any atom is -0.455 e. The summed E-state index contributed by atoms with van der Waals surface area (Å²) in [6.07, 6.45) is 9.54. The lowest BCUT2D eigenvalue weighted by atomic mass is 9.39. The second-order valence-electron chi connectivity index (χ2n) is 29.4. The Morgan fingerprint density at radius 2 is 1.44 bits per heavy atom. The van der Waals surface area contributed by atoms with E-state index in [4.69, 9.17) is 28.2 Å². The molecule has 4 N–H and O–H groups in total. The molecule has 4 fully saturated rings. The van der Waals surface area contributed by atoms with E-state index in [9.17, 15) is 18.7 Å². The number of anilines is 2. The van der Waals surface area contributed by atoms with Gasteiger partial charge in [-0.15, -0.1) is 0 Å². The van der Waals surface area contributed by atoms with Gasteiger partial charge in [0.1, 0.15) is 11.4 Å². The Kier molecular flexibility index (Phi) is 17.7. The van der Waals surface area contributed by atoms with Crippen LogP contribution in [0.3, 0.4) is 0 Å². The molecule has 3 aromatic heterocycles. The van der Waals surface area contributed by atoms with Crippen molar-refractivity contribution in [3.8, 4) is 11.1 Å². The lowest BCUT2D eigenvalue weighted by Crippen LogP contribution is -2.66. The van der Waals surface area contributed by atoms with E-state index in [0.717, 1.165) is 77.7 Å². The molecule has 4 saturated carbocycles. The molecule has 1 aliphatic heterocycles. The van der Waals surface area contributed by atoms with E-state index in [1.54, 1.807) is 0 Å². The average Bonchev–Trinajstić information content (AvgIpc) is 0.715. The van der Waals surface area contributed by atoms with Crippen LogP contribution in [0, 0.1) is 28.6 Å². The summed E-state index contributed by atoms with van der Waals surface area (Å²) in [6, 6.07) is 38.9. The molecule has 4 heterocycles. The number of amides is 1. The number of hydrogen-bond acceptors (Lipinski definition) is 14. The van der Waals surface area contributed by atoms with Gasteiger partial charge in [0.05, 0.1) is 51.9 Å². The molecule has 4 bridgehead atoms. The number of nitrogens with one attached hydrogen (secondary N) is 2. The first kappa shape index (κ1) is 63.8. The number of para-hydroxylation sites is 1. The van der Waals surface area contributed by atoms with Crippen LogP contribution < -0.4 is 25.9 Å². The Labute approximate surface area is 527 Å².